The molecule has 0 radical (unpaired) electrons. The Morgan fingerprint density at radius 2 is 1.86 bits per heavy atom. The van der Waals surface area contributed by atoms with E-state index in [-0.39, 0.29) is 6.10 Å². The third-order valence-electron chi connectivity index (χ3n) is 3.33. The molecule has 1 saturated heterocycles. The number of aliphatic hydroxyl groups excluding tert-OH is 1. The standard InChI is InChI=1S/C10H21N3O/c1-12-5-7-13(8-6-12)11-9-3-2-4-10(9)14/h9-11,14H,2-8H2,1H3/t9-,10-/m1/s1. The lowest BCUT2D eigenvalue weighted by molar-refractivity contribution is 0.0507. The van der Waals surface area contributed by atoms with Crippen LogP contribution < -0.4 is 5.43 Å². The third kappa shape index (κ3) is 2.45. The highest BCUT2D eigenvalue weighted by Crippen LogP contribution is 2.19. The smallest absolute Gasteiger partial charge is 0.0706 e. The van der Waals surface area contributed by atoms with E-state index in [9.17, 15) is 5.11 Å². The molecule has 0 unspecified atom stereocenters. The van der Waals surface area contributed by atoms with E-state index in [1.807, 2.05) is 0 Å². The average molecular weight is 199 g/mol. The molecular weight excluding hydrogens is 178 g/mol. The molecule has 2 N–H and O–H groups in total. The molecule has 4 nitrogen and oxygen atoms in total. The van der Waals surface area contributed by atoms with Crippen LogP contribution in [0.5, 0.6) is 0 Å². The molecule has 2 aliphatic rings. The van der Waals surface area contributed by atoms with E-state index in [0.717, 1.165) is 45.4 Å². The summed E-state index contributed by atoms with van der Waals surface area (Å²) in [5, 5.41) is 11.9. The number of likely N-dealkylation sites (N-methyl/N-ethyl adjacent to an activating group) is 1. The second kappa shape index (κ2) is 4.57. The lowest BCUT2D eigenvalue weighted by Crippen LogP contribution is -2.55. The first-order chi connectivity index (χ1) is 6.75. The summed E-state index contributed by atoms with van der Waals surface area (Å²) in [6, 6.07) is 0.304. The van der Waals surface area contributed by atoms with Gasteiger partial charge in [-0.3, -0.25) is 0 Å². The van der Waals surface area contributed by atoms with E-state index >= 15 is 0 Å². The second-order valence-electron chi connectivity index (χ2n) is 4.52. The number of rotatable bonds is 2. The first kappa shape index (κ1) is 10.4. The van der Waals surface area contributed by atoms with Crippen molar-refractivity contribution in [1.29, 1.82) is 0 Å². The highest BCUT2D eigenvalue weighted by molar-refractivity contribution is 4.82. The van der Waals surface area contributed by atoms with Crippen molar-refractivity contribution in [3.63, 3.8) is 0 Å². The number of hydrogen-bond acceptors (Lipinski definition) is 4. The van der Waals surface area contributed by atoms with Crippen molar-refractivity contribution in [1.82, 2.24) is 15.3 Å². The van der Waals surface area contributed by atoms with Gasteiger partial charge in [0.15, 0.2) is 0 Å². The maximum Gasteiger partial charge on any atom is 0.0706 e. The molecule has 1 saturated carbocycles. The summed E-state index contributed by atoms with van der Waals surface area (Å²) in [5.74, 6) is 0. The molecule has 0 aromatic carbocycles. The van der Waals surface area contributed by atoms with E-state index in [4.69, 9.17) is 0 Å². The van der Waals surface area contributed by atoms with Crippen LogP contribution in [0.3, 0.4) is 0 Å². The Morgan fingerprint density at radius 3 is 2.43 bits per heavy atom. The van der Waals surface area contributed by atoms with Crippen LogP contribution in [-0.4, -0.2) is 60.4 Å². The van der Waals surface area contributed by atoms with Gasteiger partial charge in [-0.25, -0.2) is 10.4 Å². The number of hydrazine groups is 1. The molecule has 2 fully saturated rings. The predicted octanol–water partition coefficient (Wildman–Crippen LogP) is -0.348. The lowest BCUT2D eigenvalue weighted by Gasteiger charge is -2.35. The molecule has 4 heteroatoms. The predicted molar refractivity (Wildman–Crippen MR) is 55.9 cm³/mol. The fourth-order valence-electron chi connectivity index (χ4n) is 2.26. The topological polar surface area (TPSA) is 38.7 Å². The van der Waals surface area contributed by atoms with Gasteiger partial charge in [0.1, 0.15) is 0 Å². The number of hydrogen-bond donors (Lipinski definition) is 2. The van der Waals surface area contributed by atoms with Crippen LogP contribution in [-0.2, 0) is 0 Å². The number of piperazine rings is 1. The van der Waals surface area contributed by atoms with Crippen molar-refractivity contribution >= 4 is 0 Å². The van der Waals surface area contributed by atoms with Crippen LogP contribution >= 0.6 is 0 Å². The van der Waals surface area contributed by atoms with E-state index in [2.05, 4.69) is 22.4 Å². The van der Waals surface area contributed by atoms with E-state index in [1.165, 1.54) is 0 Å². The zero-order valence-electron chi connectivity index (χ0n) is 8.95. The maximum absolute atomic E-state index is 9.67. The van der Waals surface area contributed by atoms with Gasteiger partial charge in [0.2, 0.25) is 0 Å². The lowest BCUT2D eigenvalue weighted by atomic mass is 10.2. The molecule has 1 aliphatic heterocycles. The fraction of sp³-hybridized carbons (Fsp3) is 1.00. The third-order valence-corrected chi connectivity index (χ3v) is 3.33. The SMILES string of the molecule is CN1CCN(N[C@@H]2CCC[C@H]2O)CC1. The zero-order chi connectivity index (χ0) is 9.97. The summed E-state index contributed by atoms with van der Waals surface area (Å²) in [7, 11) is 2.15. The van der Waals surface area contributed by atoms with Crippen LogP contribution in [0.4, 0.5) is 0 Å². The van der Waals surface area contributed by atoms with Crippen LogP contribution in [0.15, 0.2) is 0 Å². The van der Waals surface area contributed by atoms with E-state index in [1.54, 1.807) is 0 Å². The largest absolute Gasteiger partial charge is 0.391 e. The van der Waals surface area contributed by atoms with Gasteiger partial charge >= 0.3 is 0 Å². The second-order valence-corrected chi connectivity index (χ2v) is 4.52. The first-order valence-electron chi connectivity index (χ1n) is 5.63. The Hall–Kier alpha value is -0.160. The molecule has 0 amide bonds. The summed E-state index contributed by atoms with van der Waals surface area (Å²) in [6.07, 6.45) is 3.11. The molecule has 2 atom stereocenters. The van der Waals surface area contributed by atoms with Crippen molar-refractivity contribution in [3.8, 4) is 0 Å². The molecule has 0 aromatic heterocycles. The Morgan fingerprint density at radius 1 is 1.14 bits per heavy atom. The van der Waals surface area contributed by atoms with Crippen molar-refractivity contribution < 1.29 is 5.11 Å². The van der Waals surface area contributed by atoms with Crippen molar-refractivity contribution in [2.75, 3.05) is 33.2 Å². The molecule has 1 aliphatic carbocycles. The summed E-state index contributed by atoms with van der Waals surface area (Å²) >= 11 is 0. The van der Waals surface area contributed by atoms with E-state index < -0.39 is 0 Å². The molecule has 0 bridgehead atoms. The first-order valence-corrected chi connectivity index (χ1v) is 5.63. The van der Waals surface area contributed by atoms with Gasteiger partial charge in [-0.05, 0) is 26.3 Å². The van der Waals surface area contributed by atoms with Crippen LogP contribution in [0, 0.1) is 0 Å². The fourth-order valence-corrected chi connectivity index (χ4v) is 2.26. The molecule has 14 heavy (non-hydrogen) atoms. The number of aliphatic hydroxyl groups is 1. The molecule has 0 aromatic rings. The van der Waals surface area contributed by atoms with Crippen molar-refractivity contribution in [2.45, 2.75) is 31.4 Å². The van der Waals surface area contributed by atoms with Gasteiger partial charge in [-0.15, -0.1) is 0 Å². The maximum atomic E-state index is 9.67. The molecule has 2 rings (SSSR count). The molecular formula is C10H21N3O. The van der Waals surface area contributed by atoms with Gasteiger partial charge in [-0.1, -0.05) is 0 Å². The normalized spacial score (nSPS) is 36.4. The zero-order valence-corrected chi connectivity index (χ0v) is 8.95. The molecule has 1 heterocycles. The number of nitrogens with one attached hydrogen (secondary N) is 1. The van der Waals surface area contributed by atoms with Gasteiger partial charge in [-0.2, -0.15) is 0 Å². The van der Waals surface area contributed by atoms with Crippen LogP contribution in [0.2, 0.25) is 0 Å². The molecule has 82 valence electrons. The summed E-state index contributed by atoms with van der Waals surface area (Å²) in [4.78, 5) is 2.34. The quantitative estimate of drug-likeness (QED) is 0.638. The summed E-state index contributed by atoms with van der Waals surface area (Å²) < 4.78 is 0. The summed E-state index contributed by atoms with van der Waals surface area (Å²) in [6.45, 7) is 4.38. The minimum absolute atomic E-state index is 0.130. The summed E-state index contributed by atoms with van der Waals surface area (Å²) in [5.41, 5.74) is 3.44. The Labute approximate surface area is 85.8 Å². The van der Waals surface area contributed by atoms with Crippen molar-refractivity contribution in [3.05, 3.63) is 0 Å². The van der Waals surface area contributed by atoms with Gasteiger partial charge in [0, 0.05) is 32.2 Å². The van der Waals surface area contributed by atoms with E-state index in [0.29, 0.717) is 6.04 Å². The minimum Gasteiger partial charge on any atom is -0.391 e. The Bertz CT molecular complexity index is 180. The highest BCUT2D eigenvalue weighted by atomic mass is 16.3. The van der Waals surface area contributed by atoms with Crippen molar-refractivity contribution in [2.24, 2.45) is 0 Å². The molecule has 0 spiro atoms. The monoisotopic (exact) mass is 199 g/mol. The van der Waals surface area contributed by atoms with Gasteiger partial charge in [0.25, 0.3) is 0 Å². The number of nitrogens with zero attached hydrogens (tertiary/aromatic N) is 2. The Kier molecular flexibility index (Phi) is 3.38. The van der Waals surface area contributed by atoms with Crippen LogP contribution in [0.1, 0.15) is 19.3 Å². The van der Waals surface area contributed by atoms with Gasteiger partial charge in [0.05, 0.1) is 6.10 Å². The van der Waals surface area contributed by atoms with Crippen LogP contribution in [0.25, 0.3) is 0 Å². The Balaban J connectivity index is 1.74. The van der Waals surface area contributed by atoms with Gasteiger partial charge < -0.3 is 10.0 Å². The highest BCUT2D eigenvalue weighted by Gasteiger charge is 2.27. The minimum atomic E-state index is -0.130. The average Bonchev–Trinajstić information content (AvgIpc) is 2.56.